The maximum atomic E-state index is 8.78. The zero-order chi connectivity index (χ0) is 15.8. The molecule has 2 aromatic rings. The van der Waals surface area contributed by atoms with Crippen LogP contribution in [0.4, 0.5) is 0 Å². The number of benzene rings is 2. The number of nitrogens with zero attached hydrogens (tertiary/aromatic N) is 2. The molecule has 5 heteroatoms. The topological polar surface area (TPSA) is 60.2 Å². The maximum absolute atomic E-state index is 8.78. The molecular weight excluding hydrogens is 296 g/mol. The van der Waals surface area contributed by atoms with Crippen LogP contribution in [0.25, 0.3) is 0 Å². The fourth-order valence-corrected chi connectivity index (χ4v) is 2.02. The summed E-state index contributed by atoms with van der Waals surface area (Å²) in [6, 6.07) is 17.3. The lowest BCUT2D eigenvalue weighted by atomic mass is 10.1. The van der Waals surface area contributed by atoms with Crippen molar-refractivity contribution in [2.45, 2.75) is 13.1 Å². The second kappa shape index (κ2) is 8.06. The molecule has 2 rings (SSSR count). The van der Waals surface area contributed by atoms with E-state index >= 15 is 0 Å². The molecule has 0 saturated heterocycles. The van der Waals surface area contributed by atoms with Crippen molar-refractivity contribution >= 4 is 17.6 Å². The lowest BCUT2D eigenvalue weighted by molar-refractivity contribution is 0.809. The number of halogens is 1. The summed E-state index contributed by atoms with van der Waals surface area (Å²) >= 11 is 5.86. The Kier molecular flexibility index (Phi) is 5.81. The van der Waals surface area contributed by atoms with E-state index in [2.05, 4.69) is 21.7 Å². The van der Waals surface area contributed by atoms with E-state index in [4.69, 9.17) is 16.9 Å². The Labute approximate surface area is 135 Å². The number of nitrogens with one attached hydrogen (secondary N) is 2. The number of aliphatic imine (C=N–C) groups is 1. The average Bonchev–Trinajstić information content (AvgIpc) is 2.57. The number of rotatable bonds is 4. The van der Waals surface area contributed by atoms with E-state index in [1.165, 1.54) is 0 Å². The first kappa shape index (κ1) is 15.9. The van der Waals surface area contributed by atoms with Crippen LogP contribution in [0.3, 0.4) is 0 Å². The largest absolute Gasteiger partial charge is 0.352 e. The van der Waals surface area contributed by atoms with Crippen LogP contribution in [0.2, 0.25) is 5.02 Å². The van der Waals surface area contributed by atoms with Gasteiger partial charge in [-0.25, -0.2) is 0 Å². The van der Waals surface area contributed by atoms with Crippen molar-refractivity contribution in [1.29, 1.82) is 5.26 Å². The van der Waals surface area contributed by atoms with Crippen LogP contribution in [-0.4, -0.2) is 13.0 Å². The Morgan fingerprint density at radius 3 is 1.95 bits per heavy atom. The van der Waals surface area contributed by atoms with Crippen LogP contribution >= 0.6 is 11.6 Å². The predicted molar refractivity (Wildman–Crippen MR) is 89.6 cm³/mol. The third-order valence-corrected chi connectivity index (χ3v) is 3.39. The average molecular weight is 313 g/mol. The number of guanidine groups is 1. The number of nitriles is 1. The van der Waals surface area contributed by atoms with Gasteiger partial charge in [-0.05, 0) is 35.4 Å². The van der Waals surface area contributed by atoms with Gasteiger partial charge in [0.1, 0.15) is 0 Å². The van der Waals surface area contributed by atoms with Gasteiger partial charge >= 0.3 is 0 Å². The van der Waals surface area contributed by atoms with Gasteiger partial charge in [-0.3, -0.25) is 4.99 Å². The van der Waals surface area contributed by atoms with Gasteiger partial charge in [0.25, 0.3) is 0 Å². The Morgan fingerprint density at radius 2 is 1.50 bits per heavy atom. The molecule has 0 atom stereocenters. The van der Waals surface area contributed by atoms with Crippen LogP contribution in [0.5, 0.6) is 0 Å². The van der Waals surface area contributed by atoms with Gasteiger partial charge < -0.3 is 10.6 Å². The van der Waals surface area contributed by atoms with Gasteiger partial charge in [0.15, 0.2) is 5.96 Å². The first-order valence-electron chi connectivity index (χ1n) is 6.89. The van der Waals surface area contributed by atoms with Gasteiger partial charge in [-0.2, -0.15) is 5.26 Å². The Bertz CT molecular complexity index is 669. The Hall–Kier alpha value is -2.51. The van der Waals surface area contributed by atoms with Crippen molar-refractivity contribution in [3.05, 3.63) is 70.2 Å². The fraction of sp³-hybridized carbons (Fsp3) is 0.176. The number of hydrogen-bond donors (Lipinski definition) is 2. The molecule has 0 aromatic heterocycles. The molecule has 0 saturated carbocycles. The molecule has 0 aliphatic rings. The van der Waals surface area contributed by atoms with Crippen molar-refractivity contribution in [2.75, 3.05) is 7.05 Å². The van der Waals surface area contributed by atoms with E-state index in [0.717, 1.165) is 22.1 Å². The summed E-state index contributed by atoms with van der Waals surface area (Å²) in [5.41, 5.74) is 2.88. The Morgan fingerprint density at radius 1 is 1.00 bits per heavy atom. The predicted octanol–water partition coefficient (Wildman–Crippen LogP) is 3.08. The second-order valence-corrected chi connectivity index (χ2v) is 5.15. The zero-order valence-electron chi connectivity index (χ0n) is 12.3. The molecule has 0 aliphatic heterocycles. The molecule has 2 aromatic carbocycles. The lowest BCUT2D eigenvalue weighted by Crippen LogP contribution is -2.36. The molecule has 0 fully saturated rings. The minimum atomic E-state index is 0.645. The monoisotopic (exact) mass is 312 g/mol. The van der Waals surface area contributed by atoms with E-state index in [0.29, 0.717) is 18.7 Å². The first-order valence-corrected chi connectivity index (χ1v) is 7.27. The minimum Gasteiger partial charge on any atom is -0.352 e. The van der Waals surface area contributed by atoms with Crippen LogP contribution in [-0.2, 0) is 13.1 Å². The smallest absolute Gasteiger partial charge is 0.191 e. The van der Waals surface area contributed by atoms with E-state index < -0.39 is 0 Å². The van der Waals surface area contributed by atoms with Crippen molar-refractivity contribution in [3.63, 3.8) is 0 Å². The summed E-state index contributed by atoms with van der Waals surface area (Å²) in [6.45, 7) is 1.32. The molecule has 0 aliphatic carbocycles. The van der Waals surface area contributed by atoms with E-state index in [9.17, 15) is 0 Å². The fourth-order valence-electron chi connectivity index (χ4n) is 1.89. The highest BCUT2D eigenvalue weighted by Gasteiger charge is 2.00. The molecule has 112 valence electrons. The molecule has 4 nitrogen and oxygen atoms in total. The minimum absolute atomic E-state index is 0.645. The summed E-state index contributed by atoms with van der Waals surface area (Å²) < 4.78 is 0. The van der Waals surface area contributed by atoms with Gasteiger partial charge in [0.05, 0.1) is 11.6 Å². The standard InChI is InChI=1S/C17H17ClN4/c1-20-17(22-12-15-6-8-16(18)9-7-15)21-11-14-4-2-13(10-19)3-5-14/h2-9H,11-12H2,1H3,(H2,20,21,22). The number of hydrogen-bond acceptors (Lipinski definition) is 2. The molecule has 0 heterocycles. The van der Waals surface area contributed by atoms with Crippen LogP contribution in [0, 0.1) is 11.3 Å². The summed E-state index contributed by atoms with van der Waals surface area (Å²) in [7, 11) is 1.73. The molecular formula is C17H17ClN4. The van der Waals surface area contributed by atoms with E-state index in [1.54, 1.807) is 19.2 Å². The van der Waals surface area contributed by atoms with Crippen LogP contribution in [0.1, 0.15) is 16.7 Å². The third kappa shape index (κ3) is 4.80. The molecule has 22 heavy (non-hydrogen) atoms. The van der Waals surface area contributed by atoms with Gasteiger partial charge in [0, 0.05) is 25.2 Å². The van der Waals surface area contributed by atoms with Gasteiger partial charge in [-0.1, -0.05) is 35.9 Å². The molecule has 2 N–H and O–H groups in total. The highest BCUT2D eigenvalue weighted by Crippen LogP contribution is 2.09. The highest BCUT2D eigenvalue weighted by molar-refractivity contribution is 6.30. The summed E-state index contributed by atoms with van der Waals surface area (Å²) in [4.78, 5) is 4.19. The van der Waals surface area contributed by atoms with E-state index in [-0.39, 0.29) is 0 Å². The summed E-state index contributed by atoms with van der Waals surface area (Å²) in [6.07, 6.45) is 0. The molecule has 0 bridgehead atoms. The van der Waals surface area contributed by atoms with Gasteiger partial charge in [0.2, 0.25) is 0 Å². The van der Waals surface area contributed by atoms with Crippen molar-refractivity contribution in [2.24, 2.45) is 4.99 Å². The third-order valence-electron chi connectivity index (χ3n) is 3.14. The van der Waals surface area contributed by atoms with Gasteiger partial charge in [-0.15, -0.1) is 0 Å². The second-order valence-electron chi connectivity index (χ2n) is 4.71. The summed E-state index contributed by atoms with van der Waals surface area (Å²) in [5, 5.41) is 16.0. The molecule has 0 radical (unpaired) electrons. The molecule has 0 unspecified atom stereocenters. The quantitative estimate of drug-likeness (QED) is 0.674. The maximum Gasteiger partial charge on any atom is 0.191 e. The first-order chi connectivity index (χ1) is 10.7. The SMILES string of the molecule is CN=C(NCc1ccc(Cl)cc1)NCc1ccc(C#N)cc1. The van der Waals surface area contributed by atoms with Crippen LogP contribution in [0.15, 0.2) is 53.5 Å². The van der Waals surface area contributed by atoms with Crippen molar-refractivity contribution in [3.8, 4) is 6.07 Å². The Balaban J connectivity index is 1.84. The van der Waals surface area contributed by atoms with E-state index in [1.807, 2.05) is 36.4 Å². The van der Waals surface area contributed by atoms with Crippen molar-refractivity contribution < 1.29 is 0 Å². The lowest BCUT2D eigenvalue weighted by Gasteiger charge is -2.12. The summed E-state index contributed by atoms with van der Waals surface area (Å²) in [5.74, 6) is 0.722. The van der Waals surface area contributed by atoms with Crippen LogP contribution < -0.4 is 10.6 Å². The van der Waals surface area contributed by atoms with Crippen molar-refractivity contribution in [1.82, 2.24) is 10.6 Å². The molecule has 0 spiro atoms. The zero-order valence-corrected chi connectivity index (χ0v) is 13.1. The normalized spacial score (nSPS) is 10.9. The highest BCUT2D eigenvalue weighted by atomic mass is 35.5. The molecule has 0 amide bonds.